The van der Waals surface area contributed by atoms with Crippen molar-refractivity contribution in [3.63, 3.8) is 0 Å². The van der Waals surface area contributed by atoms with E-state index in [1.165, 1.54) is 0 Å². The minimum absolute atomic E-state index is 0.211. The minimum Gasteiger partial charge on any atom is -0.420 e. The number of nitrogens with two attached hydrogens (primary N) is 1. The third-order valence-corrected chi connectivity index (χ3v) is 4.85. The molecule has 6 nitrogen and oxygen atoms in total. The van der Waals surface area contributed by atoms with Crippen molar-refractivity contribution in [2.45, 2.75) is 44.9 Å². The number of hydrogen-bond acceptors (Lipinski definition) is 5. The predicted molar refractivity (Wildman–Crippen MR) is 83.1 cm³/mol. The van der Waals surface area contributed by atoms with Crippen LogP contribution in [0.25, 0.3) is 0 Å². The fourth-order valence-electron chi connectivity index (χ4n) is 3.86. The van der Waals surface area contributed by atoms with Crippen molar-refractivity contribution >= 4 is 0 Å². The van der Waals surface area contributed by atoms with Crippen LogP contribution in [0.1, 0.15) is 44.4 Å². The lowest BCUT2D eigenvalue weighted by atomic mass is 9.68. The SMILES string of the molecule is CCCc1[nH]nc2c1C1(CCCN(CC)C1)C(C#N)=C(N)O2. The fourth-order valence-corrected chi connectivity index (χ4v) is 3.86. The number of ether oxygens (including phenoxy) is 1. The van der Waals surface area contributed by atoms with Gasteiger partial charge in [0.15, 0.2) is 0 Å². The summed E-state index contributed by atoms with van der Waals surface area (Å²) in [6, 6.07) is 2.32. The number of likely N-dealkylation sites (tertiary alicyclic amines) is 1. The van der Waals surface area contributed by atoms with E-state index >= 15 is 0 Å². The lowest BCUT2D eigenvalue weighted by molar-refractivity contribution is 0.163. The van der Waals surface area contributed by atoms with E-state index in [0.29, 0.717) is 11.5 Å². The number of hydrogen-bond donors (Lipinski definition) is 2. The number of fused-ring (bicyclic) bond motifs is 2. The van der Waals surface area contributed by atoms with E-state index in [9.17, 15) is 5.26 Å². The fraction of sp³-hybridized carbons (Fsp3) is 0.625. The van der Waals surface area contributed by atoms with Gasteiger partial charge in [0, 0.05) is 17.8 Å². The quantitative estimate of drug-likeness (QED) is 0.888. The molecule has 6 heteroatoms. The zero-order valence-electron chi connectivity index (χ0n) is 13.3. The van der Waals surface area contributed by atoms with Crippen LogP contribution >= 0.6 is 0 Å². The Bertz CT molecular complexity index is 641. The standard InChI is InChI=1S/C16H23N5O/c1-3-6-12-13-15(20-19-12)22-14(18)11(9-17)16(13)7-5-8-21(4-2)10-16/h3-8,10,18H2,1-2H3,(H,19,20). The molecule has 1 aromatic rings. The van der Waals surface area contributed by atoms with Gasteiger partial charge in [0.1, 0.15) is 11.6 Å². The van der Waals surface area contributed by atoms with Crippen LogP contribution in [0, 0.1) is 11.3 Å². The first-order valence-electron chi connectivity index (χ1n) is 8.04. The van der Waals surface area contributed by atoms with Crippen molar-refractivity contribution < 1.29 is 4.74 Å². The Hall–Kier alpha value is -2.00. The molecular weight excluding hydrogens is 278 g/mol. The highest BCUT2D eigenvalue weighted by Crippen LogP contribution is 2.48. The lowest BCUT2D eigenvalue weighted by Gasteiger charge is -2.44. The van der Waals surface area contributed by atoms with Crippen LogP contribution in [0.3, 0.4) is 0 Å². The number of likely N-dealkylation sites (N-methyl/N-ethyl adjacent to an activating group) is 1. The van der Waals surface area contributed by atoms with Crippen LogP contribution in [0.5, 0.6) is 5.88 Å². The second-order valence-electron chi connectivity index (χ2n) is 6.14. The summed E-state index contributed by atoms with van der Waals surface area (Å²) in [5, 5.41) is 17.1. The average Bonchev–Trinajstić information content (AvgIpc) is 2.91. The van der Waals surface area contributed by atoms with Gasteiger partial charge in [0.05, 0.1) is 5.41 Å². The summed E-state index contributed by atoms with van der Waals surface area (Å²) in [4.78, 5) is 2.38. The van der Waals surface area contributed by atoms with Gasteiger partial charge in [-0.3, -0.25) is 5.10 Å². The van der Waals surface area contributed by atoms with E-state index < -0.39 is 0 Å². The minimum atomic E-state index is -0.377. The summed E-state index contributed by atoms with van der Waals surface area (Å²) in [7, 11) is 0. The number of rotatable bonds is 3. The highest BCUT2D eigenvalue weighted by molar-refractivity contribution is 5.55. The maximum atomic E-state index is 9.70. The van der Waals surface area contributed by atoms with E-state index in [0.717, 1.165) is 56.6 Å². The van der Waals surface area contributed by atoms with Crippen molar-refractivity contribution in [2.75, 3.05) is 19.6 Å². The first kappa shape index (κ1) is 14.9. The van der Waals surface area contributed by atoms with Crippen molar-refractivity contribution in [3.8, 4) is 11.9 Å². The molecule has 2 aliphatic heterocycles. The Morgan fingerprint density at radius 2 is 2.32 bits per heavy atom. The Balaban J connectivity index is 2.16. The molecule has 1 atom stereocenters. The monoisotopic (exact) mass is 301 g/mol. The molecular formula is C16H23N5O. The topological polar surface area (TPSA) is 91.0 Å². The zero-order valence-corrected chi connectivity index (χ0v) is 13.3. The van der Waals surface area contributed by atoms with Gasteiger partial charge in [-0.25, -0.2) is 0 Å². The van der Waals surface area contributed by atoms with Crippen LogP contribution in [0.2, 0.25) is 0 Å². The molecule has 3 N–H and O–H groups in total. The molecule has 3 heterocycles. The van der Waals surface area contributed by atoms with Gasteiger partial charge in [-0.15, -0.1) is 5.10 Å². The molecule has 0 aromatic carbocycles. The average molecular weight is 301 g/mol. The molecule has 1 spiro atoms. The number of aromatic amines is 1. The van der Waals surface area contributed by atoms with Gasteiger partial charge in [-0.05, 0) is 32.4 Å². The van der Waals surface area contributed by atoms with Gasteiger partial charge in [0.25, 0.3) is 0 Å². The van der Waals surface area contributed by atoms with Crippen molar-refractivity contribution in [1.82, 2.24) is 15.1 Å². The summed E-state index contributed by atoms with van der Waals surface area (Å²) in [5.74, 6) is 0.764. The Kier molecular flexibility index (Phi) is 3.83. The third kappa shape index (κ3) is 2.08. The van der Waals surface area contributed by atoms with Gasteiger partial charge in [-0.1, -0.05) is 20.3 Å². The number of H-pyrrole nitrogens is 1. The van der Waals surface area contributed by atoms with Gasteiger partial charge >= 0.3 is 0 Å². The number of piperidine rings is 1. The van der Waals surface area contributed by atoms with Crippen LogP contribution in [0.4, 0.5) is 0 Å². The van der Waals surface area contributed by atoms with Crippen LogP contribution in [0.15, 0.2) is 11.5 Å². The predicted octanol–water partition coefficient (Wildman–Crippen LogP) is 1.80. The normalized spacial score (nSPS) is 25.0. The van der Waals surface area contributed by atoms with Crippen molar-refractivity contribution in [2.24, 2.45) is 5.73 Å². The summed E-state index contributed by atoms with van der Waals surface area (Å²) in [6.07, 6.45) is 3.88. The second-order valence-corrected chi connectivity index (χ2v) is 6.14. The molecule has 2 aliphatic rings. The van der Waals surface area contributed by atoms with E-state index in [1.54, 1.807) is 0 Å². The number of aromatic nitrogens is 2. The maximum absolute atomic E-state index is 9.70. The molecule has 1 unspecified atom stereocenters. The zero-order chi connectivity index (χ0) is 15.7. The molecule has 0 aliphatic carbocycles. The smallest absolute Gasteiger partial charge is 0.244 e. The van der Waals surface area contributed by atoms with Crippen molar-refractivity contribution in [1.29, 1.82) is 5.26 Å². The van der Waals surface area contributed by atoms with Gasteiger partial charge < -0.3 is 15.4 Å². The van der Waals surface area contributed by atoms with Crippen LogP contribution in [-0.4, -0.2) is 34.7 Å². The molecule has 1 aromatic heterocycles. The molecule has 118 valence electrons. The Morgan fingerprint density at radius 3 is 3.00 bits per heavy atom. The molecule has 0 radical (unpaired) electrons. The maximum Gasteiger partial charge on any atom is 0.244 e. The summed E-state index contributed by atoms with van der Waals surface area (Å²) >= 11 is 0. The summed E-state index contributed by atoms with van der Waals surface area (Å²) in [5.41, 5.74) is 8.37. The van der Waals surface area contributed by atoms with E-state index in [2.05, 4.69) is 35.0 Å². The molecule has 0 amide bonds. The molecule has 1 saturated heterocycles. The van der Waals surface area contributed by atoms with Gasteiger partial charge in [0.2, 0.25) is 11.8 Å². The van der Waals surface area contributed by atoms with E-state index in [4.69, 9.17) is 10.5 Å². The molecule has 22 heavy (non-hydrogen) atoms. The van der Waals surface area contributed by atoms with Crippen molar-refractivity contribution in [3.05, 3.63) is 22.7 Å². The highest BCUT2D eigenvalue weighted by atomic mass is 16.5. The summed E-state index contributed by atoms with van der Waals surface area (Å²) < 4.78 is 5.63. The van der Waals surface area contributed by atoms with Gasteiger partial charge in [-0.2, -0.15) is 5.26 Å². The first-order valence-corrected chi connectivity index (χ1v) is 8.04. The van der Waals surface area contributed by atoms with E-state index in [1.807, 2.05) is 0 Å². The Labute approximate surface area is 130 Å². The number of nitrogens with zero attached hydrogens (tertiary/aromatic N) is 3. The number of nitrogens with one attached hydrogen (secondary N) is 1. The third-order valence-electron chi connectivity index (χ3n) is 4.85. The Morgan fingerprint density at radius 1 is 1.50 bits per heavy atom. The lowest BCUT2D eigenvalue weighted by Crippen LogP contribution is -2.49. The molecule has 3 rings (SSSR count). The van der Waals surface area contributed by atoms with Crippen LogP contribution in [-0.2, 0) is 11.8 Å². The molecule has 1 fully saturated rings. The molecule has 0 saturated carbocycles. The number of aryl methyl sites for hydroxylation is 1. The summed E-state index contributed by atoms with van der Waals surface area (Å²) in [6.45, 7) is 7.13. The molecule has 0 bridgehead atoms. The van der Waals surface area contributed by atoms with E-state index in [-0.39, 0.29) is 11.3 Å². The first-order chi connectivity index (χ1) is 10.7. The number of nitriles is 1. The second kappa shape index (κ2) is 5.65. The largest absolute Gasteiger partial charge is 0.420 e. The van der Waals surface area contributed by atoms with Crippen LogP contribution < -0.4 is 10.5 Å². The highest BCUT2D eigenvalue weighted by Gasteiger charge is 2.49.